The number of hydrogen-bond donors (Lipinski definition) is 3. The van der Waals surface area contributed by atoms with Gasteiger partial charge in [0, 0.05) is 36.4 Å². The van der Waals surface area contributed by atoms with E-state index in [1.54, 1.807) is 55.3 Å². The lowest BCUT2D eigenvalue weighted by atomic mass is 10.0. The van der Waals surface area contributed by atoms with Crippen molar-refractivity contribution in [1.29, 1.82) is 0 Å². The average molecular weight is 664 g/mol. The normalized spacial score (nSPS) is 15.6. The number of likely N-dealkylation sites (tertiary alicyclic amines) is 1. The van der Waals surface area contributed by atoms with Crippen molar-refractivity contribution < 1.29 is 22.7 Å². The van der Waals surface area contributed by atoms with Gasteiger partial charge in [0.1, 0.15) is 17.6 Å². The first-order valence-electron chi connectivity index (χ1n) is 15.2. The standard InChI is InChI=1S/C34H38ClN5O5S/c1-5-45-30-18-23(8-12-28(30)35)32(39-24-9-11-26-22(17-24)14-15-37-33(26)36)34(42)40-16-6-7-29(40)27-19-25(38-21(4)41)10-13-31(27)46(43,44)20(2)3/h8-15,17-20,29,32,39H,5-7,16H2,1-4H3,(H2,36,37)(H,38,41). The van der Waals surface area contributed by atoms with E-state index >= 15 is 0 Å². The predicted octanol–water partition coefficient (Wildman–Crippen LogP) is 6.53. The van der Waals surface area contributed by atoms with Crippen LogP contribution in [0.5, 0.6) is 5.75 Å². The predicted molar refractivity (Wildman–Crippen MR) is 182 cm³/mol. The topological polar surface area (TPSA) is 144 Å². The molecule has 2 heterocycles. The Hall–Kier alpha value is -4.35. The van der Waals surface area contributed by atoms with Crippen molar-refractivity contribution in [2.75, 3.05) is 29.5 Å². The molecule has 4 N–H and O–H groups in total. The van der Waals surface area contributed by atoms with Crippen molar-refractivity contribution >= 4 is 61.2 Å². The average Bonchev–Trinajstić information content (AvgIpc) is 3.50. The van der Waals surface area contributed by atoms with Crippen molar-refractivity contribution in [1.82, 2.24) is 9.88 Å². The van der Waals surface area contributed by atoms with E-state index < -0.39 is 27.2 Å². The molecular weight excluding hydrogens is 626 g/mol. The fourth-order valence-electron chi connectivity index (χ4n) is 5.83. The highest BCUT2D eigenvalue weighted by Crippen LogP contribution is 2.41. The number of carbonyl (C=O) groups is 2. The molecular formula is C34H38ClN5O5S. The molecule has 1 aliphatic heterocycles. The molecule has 2 atom stereocenters. The van der Waals surface area contributed by atoms with Crippen molar-refractivity contribution in [3.8, 4) is 5.75 Å². The summed E-state index contributed by atoms with van der Waals surface area (Å²) in [5, 5.41) is 7.56. The van der Waals surface area contributed by atoms with Gasteiger partial charge in [-0.2, -0.15) is 0 Å². The molecule has 3 aromatic carbocycles. The molecule has 10 nitrogen and oxygen atoms in total. The van der Waals surface area contributed by atoms with Crippen LogP contribution in [0.15, 0.2) is 71.8 Å². The van der Waals surface area contributed by atoms with Gasteiger partial charge in [-0.25, -0.2) is 13.4 Å². The van der Waals surface area contributed by atoms with E-state index in [1.165, 1.54) is 13.0 Å². The third-order valence-electron chi connectivity index (χ3n) is 8.09. The Kier molecular flexibility index (Phi) is 9.74. The molecule has 0 saturated carbocycles. The van der Waals surface area contributed by atoms with Crippen LogP contribution in [0.4, 0.5) is 17.2 Å². The van der Waals surface area contributed by atoms with Crippen LogP contribution >= 0.6 is 11.6 Å². The molecule has 46 heavy (non-hydrogen) atoms. The van der Waals surface area contributed by atoms with Crippen molar-refractivity contribution in [2.24, 2.45) is 0 Å². The molecule has 0 bridgehead atoms. The SMILES string of the molecule is CCOc1cc(C(Nc2ccc3c(N)nccc3c2)C(=O)N2CCCC2c2cc(NC(C)=O)ccc2S(=O)(=O)C(C)C)ccc1Cl. The van der Waals surface area contributed by atoms with Crippen LogP contribution in [0.3, 0.4) is 0 Å². The van der Waals surface area contributed by atoms with Gasteiger partial charge in [0.25, 0.3) is 0 Å². The first kappa shape index (κ1) is 33.0. The number of nitrogen functional groups attached to an aromatic ring is 1. The minimum absolute atomic E-state index is 0.150. The Morgan fingerprint density at radius 2 is 1.85 bits per heavy atom. The molecule has 12 heteroatoms. The number of anilines is 3. The molecule has 0 spiro atoms. The lowest BCUT2D eigenvalue weighted by Crippen LogP contribution is -2.38. The third kappa shape index (κ3) is 6.75. The first-order chi connectivity index (χ1) is 21.9. The Bertz CT molecular complexity index is 1900. The van der Waals surface area contributed by atoms with E-state index in [9.17, 15) is 18.0 Å². The van der Waals surface area contributed by atoms with Crippen LogP contribution in [-0.2, 0) is 19.4 Å². The second-order valence-electron chi connectivity index (χ2n) is 11.5. The summed E-state index contributed by atoms with van der Waals surface area (Å²) >= 11 is 6.42. The number of carbonyl (C=O) groups excluding carboxylic acids is 2. The summed E-state index contributed by atoms with van der Waals surface area (Å²) in [6.07, 6.45) is 2.85. The lowest BCUT2D eigenvalue weighted by molar-refractivity contribution is -0.133. The highest BCUT2D eigenvalue weighted by atomic mass is 35.5. The fraction of sp³-hybridized carbons (Fsp3) is 0.324. The molecule has 0 aliphatic carbocycles. The largest absolute Gasteiger partial charge is 0.492 e. The highest BCUT2D eigenvalue weighted by Gasteiger charge is 2.38. The Labute approximate surface area is 274 Å². The number of hydrogen-bond acceptors (Lipinski definition) is 8. The molecule has 1 aliphatic rings. The van der Waals surface area contributed by atoms with Crippen molar-refractivity contribution in [3.63, 3.8) is 0 Å². The van der Waals surface area contributed by atoms with Crippen LogP contribution < -0.4 is 21.1 Å². The zero-order valence-electron chi connectivity index (χ0n) is 26.2. The first-order valence-corrected chi connectivity index (χ1v) is 17.1. The van der Waals surface area contributed by atoms with E-state index in [0.29, 0.717) is 65.1 Å². The van der Waals surface area contributed by atoms with E-state index in [4.69, 9.17) is 22.1 Å². The number of sulfone groups is 1. The van der Waals surface area contributed by atoms with E-state index in [2.05, 4.69) is 15.6 Å². The maximum Gasteiger partial charge on any atom is 0.250 e. The van der Waals surface area contributed by atoms with Gasteiger partial charge in [-0.05, 0) is 105 Å². The number of nitrogens with zero attached hydrogens (tertiary/aromatic N) is 2. The van der Waals surface area contributed by atoms with Gasteiger partial charge in [-0.3, -0.25) is 9.59 Å². The number of halogens is 1. The van der Waals surface area contributed by atoms with Crippen molar-refractivity contribution in [3.05, 3.63) is 83.0 Å². The van der Waals surface area contributed by atoms with Crippen LogP contribution in [0.2, 0.25) is 5.02 Å². The summed E-state index contributed by atoms with van der Waals surface area (Å²) in [7, 11) is -3.71. The summed E-state index contributed by atoms with van der Waals surface area (Å²) in [4.78, 5) is 32.6. The monoisotopic (exact) mass is 663 g/mol. The van der Waals surface area contributed by atoms with E-state index in [-0.39, 0.29) is 16.7 Å². The van der Waals surface area contributed by atoms with Crippen molar-refractivity contribution in [2.45, 2.75) is 62.8 Å². The van der Waals surface area contributed by atoms with E-state index in [1.807, 2.05) is 31.2 Å². The molecule has 5 rings (SSSR count). The zero-order chi connectivity index (χ0) is 33.2. The molecule has 2 unspecified atom stereocenters. The minimum atomic E-state index is -3.71. The minimum Gasteiger partial charge on any atom is -0.492 e. The smallest absolute Gasteiger partial charge is 0.250 e. The second-order valence-corrected chi connectivity index (χ2v) is 14.4. The molecule has 1 fully saturated rings. The quantitative estimate of drug-likeness (QED) is 0.174. The molecule has 242 valence electrons. The summed E-state index contributed by atoms with van der Waals surface area (Å²) in [6, 6.07) is 16.0. The molecule has 4 aromatic rings. The second kappa shape index (κ2) is 13.6. The van der Waals surface area contributed by atoms with Gasteiger partial charge in [-0.1, -0.05) is 17.7 Å². The summed E-state index contributed by atoms with van der Waals surface area (Å²) < 4.78 is 32.8. The van der Waals surface area contributed by atoms with Gasteiger partial charge in [0.05, 0.1) is 27.8 Å². The zero-order valence-corrected chi connectivity index (χ0v) is 27.8. The van der Waals surface area contributed by atoms with Gasteiger partial charge in [0.15, 0.2) is 9.84 Å². The maximum atomic E-state index is 14.7. The number of aromatic nitrogens is 1. The Morgan fingerprint density at radius 3 is 2.57 bits per heavy atom. The van der Waals surface area contributed by atoms with Crippen LogP contribution in [0, 0.1) is 0 Å². The number of benzene rings is 3. The molecule has 2 amide bonds. The van der Waals surface area contributed by atoms with Crippen LogP contribution in [0.1, 0.15) is 63.7 Å². The van der Waals surface area contributed by atoms with Crippen LogP contribution in [0.25, 0.3) is 10.8 Å². The number of nitrogens with one attached hydrogen (secondary N) is 2. The highest BCUT2D eigenvalue weighted by molar-refractivity contribution is 7.92. The molecule has 1 saturated heterocycles. The Morgan fingerprint density at radius 1 is 1.09 bits per heavy atom. The van der Waals surface area contributed by atoms with Gasteiger partial charge >= 0.3 is 0 Å². The number of pyridine rings is 1. The number of nitrogens with two attached hydrogens (primary N) is 1. The van der Waals surface area contributed by atoms with Gasteiger partial charge < -0.3 is 26.0 Å². The van der Waals surface area contributed by atoms with E-state index in [0.717, 1.165) is 10.8 Å². The molecule has 1 aromatic heterocycles. The van der Waals surface area contributed by atoms with Gasteiger partial charge in [-0.15, -0.1) is 0 Å². The number of ether oxygens (including phenoxy) is 1. The van der Waals surface area contributed by atoms with Crippen LogP contribution in [-0.4, -0.2) is 48.5 Å². The number of amides is 2. The summed E-state index contributed by atoms with van der Waals surface area (Å²) in [5.74, 6) is 0.323. The summed E-state index contributed by atoms with van der Waals surface area (Å²) in [5.41, 5.74) is 8.31. The maximum absolute atomic E-state index is 14.7. The number of fused-ring (bicyclic) bond motifs is 1. The number of rotatable bonds is 10. The lowest BCUT2D eigenvalue weighted by Gasteiger charge is -2.32. The fourth-order valence-corrected chi connectivity index (χ4v) is 7.29. The third-order valence-corrected chi connectivity index (χ3v) is 10.6. The Balaban J connectivity index is 1.60. The molecule has 0 radical (unpaired) electrons. The van der Waals surface area contributed by atoms with Gasteiger partial charge in [0.2, 0.25) is 11.8 Å². The summed E-state index contributed by atoms with van der Waals surface area (Å²) in [6.45, 7) is 7.30.